The van der Waals surface area contributed by atoms with Gasteiger partial charge in [-0.25, -0.2) is 0 Å². The smallest absolute Gasteiger partial charge is 0.237 e. The monoisotopic (exact) mass is 226 g/mol. The number of rotatable bonds is 4. The Morgan fingerprint density at radius 2 is 2.06 bits per heavy atom. The summed E-state index contributed by atoms with van der Waals surface area (Å²) >= 11 is 0. The fourth-order valence-electron chi connectivity index (χ4n) is 1.98. The van der Waals surface area contributed by atoms with Gasteiger partial charge in [0.1, 0.15) is 0 Å². The summed E-state index contributed by atoms with van der Waals surface area (Å²) in [6.45, 7) is 12.5. The Hall–Kier alpha value is -0.570. The minimum absolute atomic E-state index is 0.259. The molecular formula is C13H26N2O. The quantitative estimate of drug-likeness (QED) is 0.797. The van der Waals surface area contributed by atoms with Crippen LogP contribution in [0.1, 0.15) is 47.5 Å². The normalized spacial score (nSPS) is 22.2. The molecule has 0 aromatic carbocycles. The maximum atomic E-state index is 11.7. The van der Waals surface area contributed by atoms with Crippen LogP contribution >= 0.6 is 0 Å². The van der Waals surface area contributed by atoms with Crippen molar-refractivity contribution in [3.8, 4) is 0 Å². The highest BCUT2D eigenvalue weighted by atomic mass is 16.2. The Balaban J connectivity index is 2.50. The number of nitrogens with zero attached hydrogens (tertiary/aromatic N) is 1. The van der Waals surface area contributed by atoms with Gasteiger partial charge in [0.15, 0.2) is 0 Å². The molecule has 0 saturated carbocycles. The summed E-state index contributed by atoms with van der Waals surface area (Å²) in [6, 6.07) is 0. The van der Waals surface area contributed by atoms with Crippen LogP contribution < -0.4 is 5.32 Å². The van der Waals surface area contributed by atoms with Crippen LogP contribution in [0.5, 0.6) is 0 Å². The van der Waals surface area contributed by atoms with E-state index in [9.17, 15) is 4.79 Å². The highest BCUT2D eigenvalue weighted by Gasteiger charge is 2.31. The topological polar surface area (TPSA) is 32.3 Å². The van der Waals surface area contributed by atoms with Crippen molar-refractivity contribution in [3.05, 3.63) is 0 Å². The molecule has 1 atom stereocenters. The van der Waals surface area contributed by atoms with Crippen LogP contribution in [-0.2, 0) is 4.79 Å². The fraction of sp³-hybridized carbons (Fsp3) is 0.923. The summed E-state index contributed by atoms with van der Waals surface area (Å²) in [5.41, 5.74) is 0.297. The Morgan fingerprint density at radius 1 is 1.44 bits per heavy atom. The predicted octanol–water partition coefficient (Wildman–Crippen LogP) is 2.23. The number of hydrogen-bond donors (Lipinski definition) is 1. The molecule has 94 valence electrons. The molecule has 0 aromatic heterocycles. The molecule has 1 fully saturated rings. The van der Waals surface area contributed by atoms with Gasteiger partial charge in [-0.2, -0.15) is 0 Å². The van der Waals surface area contributed by atoms with Crippen LogP contribution in [0.4, 0.5) is 0 Å². The van der Waals surface area contributed by atoms with Crippen LogP contribution in [0.2, 0.25) is 0 Å². The lowest BCUT2D eigenvalue weighted by molar-refractivity contribution is -0.128. The molecule has 1 unspecified atom stereocenters. The number of carbonyl (C=O) groups is 1. The average Bonchev–Trinajstić information content (AvgIpc) is 2.42. The van der Waals surface area contributed by atoms with E-state index >= 15 is 0 Å². The molecule has 0 radical (unpaired) electrons. The number of carbonyl (C=O) groups excluding carboxylic acids is 1. The molecule has 1 aliphatic rings. The van der Waals surface area contributed by atoms with E-state index < -0.39 is 0 Å². The zero-order chi connectivity index (χ0) is 12.3. The van der Waals surface area contributed by atoms with Gasteiger partial charge in [0.25, 0.3) is 0 Å². The first kappa shape index (κ1) is 13.5. The van der Waals surface area contributed by atoms with Gasteiger partial charge in [0.05, 0.1) is 12.7 Å². The highest BCUT2D eigenvalue weighted by molar-refractivity contribution is 5.80. The number of hydrogen-bond acceptors (Lipinski definition) is 2. The van der Waals surface area contributed by atoms with Crippen molar-refractivity contribution in [1.29, 1.82) is 0 Å². The van der Waals surface area contributed by atoms with E-state index in [2.05, 4.69) is 39.9 Å². The minimum Gasteiger partial charge on any atom is -0.326 e. The molecule has 1 saturated heterocycles. The lowest BCUT2D eigenvalue weighted by atomic mass is 9.92. The third-order valence-corrected chi connectivity index (χ3v) is 2.98. The van der Waals surface area contributed by atoms with Crippen molar-refractivity contribution in [2.75, 3.05) is 13.1 Å². The van der Waals surface area contributed by atoms with Crippen molar-refractivity contribution in [1.82, 2.24) is 10.2 Å². The average molecular weight is 226 g/mol. The third kappa shape index (κ3) is 4.12. The van der Waals surface area contributed by atoms with E-state index in [1.807, 2.05) is 4.90 Å². The Kier molecular flexibility index (Phi) is 4.36. The molecule has 1 aliphatic heterocycles. The van der Waals surface area contributed by atoms with E-state index in [4.69, 9.17) is 0 Å². The Bertz CT molecular complexity index is 243. The zero-order valence-electron chi connectivity index (χ0n) is 11.3. The van der Waals surface area contributed by atoms with Gasteiger partial charge in [-0.1, -0.05) is 34.6 Å². The van der Waals surface area contributed by atoms with Gasteiger partial charge >= 0.3 is 0 Å². The van der Waals surface area contributed by atoms with Crippen LogP contribution in [0, 0.1) is 11.3 Å². The summed E-state index contributed by atoms with van der Waals surface area (Å²) in [7, 11) is 0. The summed E-state index contributed by atoms with van der Waals surface area (Å²) in [4.78, 5) is 13.8. The first-order valence-corrected chi connectivity index (χ1v) is 6.32. The zero-order valence-corrected chi connectivity index (χ0v) is 11.3. The fourth-order valence-corrected chi connectivity index (χ4v) is 1.98. The van der Waals surface area contributed by atoms with Gasteiger partial charge in [-0.05, 0) is 24.2 Å². The molecule has 3 nitrogen and oxygen atoms in total. The van der Waals surface area contributed by atoms with E-state index in [-0.39, 0.29) is 12.1 Å². The second kappa shape index (κ2) is 5.17. The Labute approximate surface area is 99.6 Å². The molecule has 16 heavy (non-hydrogen) atoms. The number of nitrogens with one attached hydrogen (secondary N) is 1. The second-order valence-corrected chi connectivity index (χ2v) is 6.42. The maximum Gasteiger partial charge on any atom is 0.237 e. The maximum absolute atomic E-state index is 11.7. The SMILES string of the molecule is CC(C)CC1NCC(=O)N1CCC(C)(C)C. The molecule has 0 aromatic rings. The molecule has 0 aliphatic carbocycles. The lowest BCUT2D eigenvalue weighted by Gasteiger charge is -2.28. The van der Waals surface area contributed by atoms with Crippen LogP contribution in [0.3, 0.4) is 0 Å². The Morgan fingerprint density at radius 3 is 2.56 bits per heavy atom. The van der Waals surface area contributed by atoms with Crippen LogP contribution in [0.25, 0.3) is 0 Å². The summed E-state index contributed by atoms with van der Waals surface area (Å²) < 4.78 is 0. The first-order chi connectivity index (χ1) is 7.29. The van der Waals surface area contributed by atoms with Gasteiger partial charge in [-0.15, -0.1) is 0 Å². The molecule has 1 rings (SSSR count). The minimum atomic E-state index is 0.259. The standard InChI is InChI=1S/C13H26N2O/c1-10(2)8-11-14-9-12(16)15(11)7-6-13(3,4)5/h10-11,14H,6-9H2,1-5H3. The van der Waals surface area contributed by atoms with Crippen LogP contribution in [-0.4, -0.2) is 30.1 Å². The molecule has 1 amide bonds. The molecule has 0 spiro atoms. The van der Waals surface area contributed by atoms with E-state index in [1.165, 1.54) is 0 Å². The van der Waals surface area contributed by atoms with E-state index in [1.54, 1.807) is 0 Å². The third-order valence-electron chi connectivity index (χ3n) is 2.98. The van der Waals surface area contributed by atoms with Crippen molar-refractivity contribution >= 4 is 5.91 Å². The van der Waals surface area contributed by atoms with Crippen molar-refractivity contribution in [3.63, 3.8) is 0 Å². The summed E-state index contributed by atoms with van der Waals surface area (Å²) in [5.74, 6) is 0.885. The lowest BCUT2D eigenvalue weighted by Crippen LogP contribution is -2.40. The van der Waals surface area contributed by atoms with Gasteiger partial charge in [-0.3, -0.25) is 10.1 Å². The van der Waals surface area contributed by atoms with Gasteiger partial charge in [0, 0.05) is 6.54 Å². The van der Waals surface area contributed by atoms with Crippen molar-refractivity contribution < 1.29 is 4.79 Å². The highest BCUT2D eigenvalue weighted by Crippen LogP contribution is 2.21. The predicted molar refractivity (Wildman–Crippen MR) is 67.0 cm³/mol. The molecule has 1 heterocycles. The van der Waals surface area contributed by atoms with Crippen molar-refractivity contribution in [2.24, 2.45) is 11.3 Å². The van der Waals surface area contributed by atoms with Gasteiger partial charge in [0.2, 0.25) is 5.91 Å². The molecule has 1 N–H and O–H groups in total. The largest absolute Gasteiger partial charge is 0.326 e. The van der Waals surface area contributed by atoms with Crippen LogP contribution in [0.15, 0.2) is 0 Å². The number of amides is 1. The summed E-state index contributed by atoms with van der Waals surface area (Å²) in [5, 5.41) is 3.30. The van der Waals surface area contributed by atoms with Gasteiger partial charge < -0.3 is 4.90 Å². The molecule has 0 bridgehead atoms. The summed E-state index contributed by atoms with van der Waals surface area (Å²) in [6.07, 6.45) is 2.38. The van der Waals surface area contributed by atoms with E-state index in [0.717, 1.165) is 19.4 Å². The van der Waals surface area contributed by atoms with Crippen molar-refractivity contribution in [2.45, 2.75) is 53.6 Å². The molecular weight excluding hydrogens is 200 g/mol. The molecule has 3 heteroatoms. The first-order valence-electron chi connectivity index (χ1n) is 6.32. The second-order valence-electron chi connectivity index (χ2n) is 6.42. The van der Waals surface area contributed by atoms with E-state index in [0.29, 0.717) is 17.9 Å².